The minimum absolute atomic E-state index is 0.0197. The predicted octanol–water partition coefficient (Wildman–Crippen LogP) is 2.99. The predicted molar refractivity (Wildman–Crippen MR) is 91.9 cm³/mol. The number of amides is 2. The fourth-order valence-corrected chi connectivity index (χ4v) is 3.18. The van der Waals surface area contributed by atoms with Crippen molar-refractivity contribution in [2.24, 2.45) is 5.92 Å². The molecule has 0 spiro atoms. The topological polar surface area (TPSA) is 40.6 Å². The Balaban J connectivity index is 1.89. The lowest BCUT2D eigenvalue weighted by atomic mass is 10.00. The van der Waals surface area contributed by atoms with Crippen molar-refractivity contribution in [2.45, 2.75) is 46.6 Å². The third kappa shape index (κ3) is 5.38. The summed E-state index contributed by atoms with van der Waals surface area (Å²) < 4.78 is 0. The molecular weight excluding hydrogens is 288 g/mol. The van der Waals surface area contributed by atoms with Gasteiger partial charge in [-0.3, -0.25) is 9.59 Å². The largest absolute Gasteiger partial charge is 0.342 e. The molecule has 23 heavy (non-hydrogen) atoms. The summed E-state index contributed by atoms with van der Waals surface area (Å²) in [6.07, 6.45) is 2.71. The lowest BCUT2D eigenvalue weighted by Gasteiger charge is -2.31. The van der Waals surface area contributed by atoms with Gasteiger partial charge in [0, 0.05) is 39.5 Å². The zero-order chi connectivity index (χ0) is 16.8. The molecule has 1 aromatic rings. The van der Waals surface area contributed by atoms with Crippen LogP contribution in [0.1, 0.15) is 44.2 Å². The third-order valence-corrected chi connectivity index (χ3v) is 4.51. The number of nitrogens with zero attached hydrogens (tertiary/aromatic N) is 2. The van der Waals surface area contributed by atoms with Gasteiger partial charge in [0.2, 0.25) is 11.8 Å². The minimum Gasteiger partial charge on any atom is -0.342 e. The molecule has 4 nitrogen and oxygen atoms in total. The molecule has 0 bridgehead atoms. The highest BCUT2D eigenvalue weighted by atomic mass is 16.2. The standard InChI is InChI=1S/C19H28N2O2/c1-15-6-4-8-18(12-15)14-20(17(3)22)11-9-19(23)21-10-5-7-16(2)13-21/h4,6,8,12,16H,5,7,9-11,13-14H2,1-3H3. The van der Waals surface area contributed by atoms with Gasteiger partial charge in [-0.25, -0.2) is 0 Å². The summed E-state index contributed by atoms with van der Waals surface area (Å²) in [5, 5.41) is 0. The molecule has 126 valence electrons. The Kier molecular flexibility index (Phi) is 6.20. The molecule has 2 rings (SSSR count). The first-order valence-electron chi connectivity index (χ1n) is 8.54. The number of hydrogen-bond acceptors (Lipinski definition) is 2. The zero-order valence-electron chi connectivity index (χ0n) is 14.5. The minimum atomic E-state index is 0.0197. The van der Waals surface area contributed by atoms with E-state index in [2.05, 4.69) is 13.0 Å². The molecule has 2 amide bonds. The van der Waals surface area contributed by atoms with E-state index in [1.807, 2.05) is 30.0 Å². The molecule has 1 aromatic carbocycles. The van der Waals surface area contributed by atoms with Gasteiger partial charge in [-0.2, -0.15) is 0 Å². The lowest BCUT2D eigenvalue weighted by molar-refractivity contribution is -0.135. The van der Waals surface area contributed by atoms with Crippen LogP contribution in [-0.2, 0) is 16.1 Å². The van der Waals surface area contributed by atoms with E-state index in [0.717, 1.165) is 25.1 Å². The Morgan fingerprint density at radius 2 is 2.13 bits per heavy atom. The average molecular weight is 316 g/mol. The molecule has 0 N–H and O–H groups in total. The van der Waals surface area contributed by atoms with Gasteiger partial charge in [0.05, 0.1) is 0 Å². The second kappa shape index (κ2) is 8.14. The van der Waals surface area contributed by atoms with Crippen LogP contribution in [0.15, 0.2) is 24.3 Å². The van der Waals surface area contributed by atoms with E-state index in [4.69, 9.17) is 0 Å². The number of aryl methyl sites for hydroxylation is 1. The maximum Gasteiger partial charge on any atom is 0.224 e. The second-order valence-corrected chi connectivity index (χ2v) is 6.77. The van der Waals surface area contributed by atoms with E-state index in [-0.39, 0.29) is 11.8 Å². The summed E-state index contributed by atoms with van der Waals surface area (Å²) in [4.78, 5) is 28.0. The maximum atomic E-state index is 12.4. The number of hydrogen-bond donors (Lipinski definition) is 0. The normalized spacial score (nSPS) is 17.9. The van der Waals surface area contributed by atoms with Crippen molar-refractivity contribution in [3.63, 3.8) is 0 Å². The van der Waals surface area contributed by atoms with E-state index in [1.165, 1.54) is 12.0 Å². The van der Waals surface area contributed by atoms with Crippen LogP contribution in [0, 0.1) is 12.8 Å². The van der Waals surface area contributed by atoms with Crippen LogP contribution in [0.5, 0.6) is 0 Å². The fraction of sp³-hybridized carbons (Fsp3) is 0.579. The van der Waals surface area contributed by atoms with Crippen molar-refractivity contribution in [1.82, 2.24) is 9.80 Å². The van der Waals surface area contributed by atoms with Crippen LogP contribution < -0.4 is 0 Å². The van der Waals surface area contributed by atoms with E-state index in [0.29, 0.717) is 25.4 Å². The summed E-state index contributed by atoms with van der Waals surface area (Å²) in [6, 6.07) is 8.16. The van der Waals surface area contributed by atoms with Crippen LogP contribution in [0.3, 0.4) is 0 Å². The molecular formula is C19H28N2O2. The summed E-state index contributed by atoms with van der Waals surface area (Å²) >= 11 is 0. The van der Waals surface area contributed by atoms with Crippen molar-refractivity contribution in [2.75, 3.05) is 19.6 Å². The van der Waals surface area contributed by atoms with Crippen LogP contribution >= 0.6 is 0 Å². The number of benzene rings is 1. The highest BCUT2D eigenvalue weighted by Gasteiger charge is 2.21. The van der Waals surface area contributed by atoms with Gasteiger partial charge < -0.3 is 9.80 Å². The molecule has 0 aromatic heterocycles. The molecule has 1 unspecified atom stereocenters. The van der Waals surface area contributed by atoms with E-state index in [9.17, 15) is 9.59 Å². The second-order valence-electron chi connectivity index (χ2n) is 6.77. The number of carbonyl (C=O) groups excluding carboxylic acids is 2. The third-order valence-electron chi connectivity index (χ3n) is 4.51. The summed E-state index contributed by atoms with van der Waals surface area (Å²) in [6.45, 7) is 8.59. The van der Waals surface area contributed by atoms with Crippen LogP contribution in [0.4, 0.5) is 0 Å². The van der Waals surface area contributed by atoms with Crippen molar-refractivity contribution >= 4 is 11.8 Å². The summed E-state index contributed by atoms with van der Waals surface area (Å²) in [5.41, 5.74) is 2.30. The number of carbonyl (C=O) groups is 2. The number of piperidine rings is 1. The van der Waals surface area contributed by atoms with E-state index >= 15 is 0 Å². The molecule has 1 aliphatic heterocycles. The number of rotatable bonds is 5. The highest BCUT2D eigenvalue weighted by Crippen LogP contribution is 2.16. The Hall–Kier alpha value is -1.84. The van der Waals surface area contributed by atoms with Gasteiger partial charge in [-0.15, -0.1) is 0 Å². The Bertz CT molecular complexity index is 556. The van der Waals surface area contributed by atoms with E-state index in [1.54, 1.807) is 11.8 Å². The smallest absolute Gasteiger partial charge is 0.224 e. The molecule has 1 heterocycles. The number of likely N-dealkylation sites (tertiary alicyclic amines) is 1. The van der Waals surface area contributed by atoms with Crippen LogP contribution in [-0.4, -0.2) is 41.2 Å². The summed E-state index contributed by atoms with van der Waals surface area (Å²) in [5.74, 6) is 0.780. The molecule has 1 aliphatic rings. The monoisotopic (exact) mass is 316 g/mol. The fourth-order valence-electron chi connectivity index (χ4n) is 3.18. The molecule has 0 radical (unpaired) electrons. The molecule has 1 saturated heterocycles. The first kappa shape index (κ1) is 17.5. The Morgan fingerprint density at radius 1 is 1.35 bits per heavy atom. The van der Waals surface area contributed by atoms with Crippen LogP contribution in [0.25, 0.3) is 0 Å². The van der Waals surface area contributed by atoms with Crippen molar-refractivity contribution in [3.8, 4) is 0 Å². The van der Waals surface area contributed by atoms with E-state index < -0.39 is 0 Å². The molecule has 4 heteroatoms. The van der Waals surface area contributed by atoms with Gasteiger partial charge in [-0.05, 0) is 31.2 Å². The van der Waals surface area contributed by atoms with Gasteiger partial charge >= 0.3 is 0 Å². The summed E-state index contributed by atoms with van der Waals surface area (Å²) in [7, 11) is 0. The highest BCUT2D eigenvalue weighted by molar-refractivity contribution is 5.78. The molecule has 0 saturated carbocycles. The first-order chi connectivity index (χ1) is 11.0. The molecule has 1 fully saturated rings. The Labute approximate surface area is 139 Å². The van der Waals surface area contributed by atoms with Gasteiger partial charge in [0.25, 0.3) is 0 Å². The Morgan fingerprint density at radius 3 is 2.78 bits per heavy atom. The van der Waals surface area contributed by atoms with Crippen molar-refractivity contribution in [1.29, 1.82) is 0 Å². The van der Waals surface area contributed by atoms with Gasteiger partial charge in [0.15, 0.2) is 0 Å². The van der Waals surface area contributed by atoms with Crippen molar-refractivity contribution < 1.29 is 9.59 Å². The van der Waals surface area contributed by atoms with Gasteiger partial charge in [0.1, 0.15) is 0 Å². The van der Waals surface area contributed by atoms with Crippen molar-refractivity contribution in [3.05, 3.63) is 35.4 Å². The molecule has 0 aliphatic carbocycles. The first-order valence-corrected chi connectivity index (χ1v) is 8.54. The SMILES string of the molecule is CC(=O)N(CCC(=O)N1CCCC(C)C1)Cc1cccc(C)c1. The molecule has 1 atom stereocenters. The van der Waals surface area contributed by atoms with Gasteiger partial charge in [-0.1, -0.05) is 36.8 Å². The average Bonchev–Trinajstić information content (AvgIpc) is 2.51. The van der Waals surface area contributed by atoms with Crippen LogP contribution in [0.2, 0.25) is 0 Å². The zero-order valence-corrected chi connectivity index (χ0v) is 14.5. The lowest BCUT2D eigenvalue weighted by Crippen LogP contribution is -2.41. The maximum absolute atomic E-state index is 12.4. The quantitative estimate of drug-likeness (QED) is 0.838.